The maximum Gasteiger partial charge on any atom is 0.229 e. The number of carbonyl (C=O) groups is 1. The van der Waals surface area contributed by atoms with Crippen LogP contribution in [0.4, 0.5) is 10.1 Å². The Balaban J connectivity index is 2.15. The van der Waals surface area contributed by atoms with Gasteiger partial charge in [-0.2, -0.15) is 0 Å². The molecule has 0 spiro atoms. The van der Waals surface area contributed by atoms with Crippen molar-refractivity contribution in [2.75, 3.05) is 11.4 Å². The molecule has 1 aliphatic heterocycles. The SMILES string of the molecule is CC(C)(C)[Si](C)(C)O[C@@H]1CC(=O)N(c2ccc(Br)cc2F)C1. The Morgan fingerprint density at radius 1 is 1.36 bits per heavy atom. The lowest BCUT2D eigenvalue weighted by molar-refractivity contribution is -0.117. The van der Waals surface area contributed by atoms with Gasteiger partial charge in [0.1, 0.15) is 5.82 Å². The van der Waals surface area contributed by atoms with E-state index in [0.717, 1.165) is 0 Å². The largest absolute Gasteiger partial charge is 0.412 e. The van der Waals surface area contributed by atoms with Crippen molar-refractivity contribution in [2.45, 2.75) is 51.4 Å². The van der Waals surface area contributed by atoms with Crippen molar-refractivity contribution in [3.8, 4) is 0 Å². The van der Waals surface area contributed by atoms with Crippen LogP contribution in [-0.4, -0.2) is 26.9 Å². The molecule has 0 N–H and O–H groups in total. The number of anilines is 1. The molecule has 1 aromatic rings. The van der Waals surface area contributed by atoms with Gasteiger partial charge in [0.25, 0.3) is 0 Å². The molecule has 0 unspecified atom stereocenters. The van der Waals surface area contributed by atoms with Crippen molar-refractivity contribution >= 4 is 35.8 Å². The van der Waals surface area contributed by atoms with Gasteiger partial charge in [-0.1, -0.05) is 36.7 Å². The molecule has 3 nitrogen and oxygen atoms in total. The van der Waals surface area contributed by atoms with Gasteiger partial charge in [0.15, 0.2) is 8.32 Å². The van der Waals surface area contributed by atoms with Gasteiger partial charge in [-0.25, -0.2) is 4.39 Å². The smallest absolute Gasteiger partial charge is 0.229 e. The van der Waals surface area contributed by atoms with E-state index in [-0.39, 0.29) is 17.0 Å². The van der Waals surface area contributed by atoms with Crippen molar-refractivity contribution < 1.29 is 13.6 Å². The van der Waals surface area contributed by atoms with Crippen LogP contribution in [0.25, 0.3) is 0 Å². The first kappa shape index (κ1) is 17.6. The van der Waals surface area contributed by atoms with E-state index in [4.69, 9.17) is 4.43 Å². The molecule has 1 aromatic carbocycles. The zero-order chi connectivity index (χ0) is 16.7. The van der Waals surface area contributed by atoms with Gasteiger partial charge >= 0.3 is 0 Å². The van der Waals surface area contributed by atoms with Crippen LogP contribution in [0.2, 0.25) is 18.1 Å². The first-order valence-corrected chi connectivity index (χ1v) is 11.1. The molecule has 0 bridgehead atoms. The van der Waals surface area contributed by atoms with Gasteiger partial charge in [0.05, 0.1) is 24.8 Å². The molecular formula is C16H23BrFNO2Si. The lowest BCUT2D eigenvalue weighted by Crippen LogP contribution is -2.44. The van der Waals surface area contributed by atoms with Crippen LogP contribution in [0.5, 0.6) is 0 Å². The molecule has 0 saturated carbocycles. The molecule has 0 radical (unpaired) electrons. The van der Waals surface area contributed by atoms with E-state index in [9.17, 15) is 9.18 Å². The highest BCUT2D eigenvalue weighted by atomic mass is 79.9. The van der Waals surface area contributed by atoms with Crippen molar-refractivity contribution in [1.82, 2.24) is 0 Å². The Hall–Kier alpha value is -0.723. The molecule has 0 aromatic heterocycles. The average Bonchev–Trinajstić information content (AvgIpc) is 2.67. The summed E-state index contributed by atoms with van der Waals surface area (Å²) in [4.78, 5) is 13.7. The maximum atomic E-state index is 14.1. The predicted molar refractivity (Wildman–Crippen MR) is 93.1 cm³/mol. The second-order valence-electron chi connectivity index (χ2n) is 7.30. The number of hydrogen-bond acceptors (Lipinski definition) is 2. The normalized spacial score (nSPS) is 19.9. The number of halogens is 2. The third kappa shape index (κ3) is 3.60. The number of benzene rings is 1. The van der Waals surface area contributed by atoms with Gasteiger partial charge in [0, 0.05) is 4.47 Å². The third-order valence-electron chi connectivity index (χ3n) is 4.56. The topological polar surface area (TPSA) is 29.5 Å². The molecule has 1 aliphatic rings. The highest BCUT2D eigenvalue weighted by Crippen LogP contribution is 2.39. The molecular weight excluding hydrogens is 365 g/mol. The van der Waals surface area contributed by atoms with E-state index in [1.54, 1.807) is 12.1 Å². The van der Waals surface area contributed by atoms with E-state index in [0.29, 0.717) is 23.1 Å². The molecule has 0 aliphatic carbocycles. The second kappa shape index (κ2) is 6.05. The van der Waals surface area contributed by atoms with Crippen LogP contribution in [0, 0.1) is 5.82 Å². The van der Waals surface area contributed by atoms with Crippen molar-refractivity contribution in [1.29, 1.82) is 0 Å². The Labute approximate surface area is 141 Å². The van der Waals surface area contributed by atoms with Crippen LogP contribution in [-0.2, 0) is 9.22 Å². The van der Waals surface area contributed by atoms with Gasteiger partial charge in [-0.3, -0.25) is 4.79 Å². The molecule has 1 fully saturated rings. The molecule has 1 saturated heterocycles. The summed E-state index contributed by atoms with van der Waals surface area (Å²) in [5, 5.41) is 0.0896. The Morgan fingerprint density at radius 2 is 2.00 bits per heavy atom. The fraction of sp³-hybridized carbons (Fsp3) is 0.562. The number of amides is 1. The Kier molecular flexibility index (Phi) is 4.85. The molecule has 22 heavy (non-hydrogen) atoms. The summed E-state index contributed by atoms with van der Waals surface area (Å²) < 4.78 is 21.0. The highest BCUT2D eigenvalue weighted by Gasteiger charge is 2.42. The van der Waals surface area contributed by atoms with E-state index >= 15 is 0 Å². The van der Waals surface area contributed by atoms with Crippen LogP contribution in [0.1, 0.15) is 27.2 Å². The molecule has 122 valence electrons. The summed E-state index contributed by atoms with van der Waals surface area (Å²) in [6.07, 6.45) is 0.165. The quantitative estimate of drug-likeness (QED) is 0.702. The number of rotatable bonds is 3. The third-order valence-corrected chi connectivity index (χ3v) is 9.59. The molecule has 1 amide bonds. The van der Waals surface area contributed by atoms with E-state index in [1.807, 2.05) is 0 Å². The molecule has 1 atom stereocenters. The average molecular weight is 388 g/mol. The zero-order valence-electron chi connectivity index (χ0n) is 13.7. The van der Waals surface area contributed by atoms with Crippen molar-refractivity contribution in [3.05, 3.63) is 28.5 Å². The van der Waals surface area contributed by atoms with Crippen molar-refractivity contribution in [2.24, 2.45) is 0 Å². The monoisotopic (exact) mass is 387 g/mol. The standard InChI is InChI=1S/C16H23BrFNO2Si/c1-16(2,3)22(4,5)21-12-9-15(20)19(10-12)14-7-6-11(17)8-13(14)18/h6-8,12H,9-10H2,1-5H3/t12-/m1/s1. The summed E-state index contributed by atoms with van der Waals surface area (Å²) >= 11 is 3.23. The Bertz CT molecular complexity index is 586. The van der Waals surface area contributed by atoms with Crippen LogP contribution in [0.3, 0.4) is 0 Å². The first-order valence-electron chi connectivity index (χ1n) is 7.44. The predicted octanol–water partition coefficient (Wildman–Crippen LogP) is 4.72. The summed E-state index contributed by atoms with van der Waals surface area (Å²) in [6.45, 7) is 11.3. The first-order chi connectivity index (χ1) is 10.0. The second-order valence-corrected chi connectivity index (χ2v) is 13.0. The molecule has 2 rings (SSSR count). The number of hydrogen-bond donors (Lipinski definition) is 0. The zero-order valence-corrected chi connectivity index (χ0v) is 16.3. The lowest BCUT2D eigenvalue weighted by Gasteiger charge is -2.38. The summed E-state index contributed by atoms with van der Waals surface area (Å²) in [7, 11) is -1.93. The van der Waals surface area contributed by atoms with E-state index < -0.39 is 14.1 Å². The van der Waals surface area contributed by atoms with E-state index in [1.165, 1.54) is 11.0 Å². The van der Waals surface area contributed by atoms with Crippen molar-refractivity contribution in [3.63, 3.8) is 0 Å². The minimum atomic E-state index is -1.93. The van der Waals surface area contributed by atoms with E-state index in [2.05, 4.69) is 49.8 Å². The maximum absolute atomic E-state index is 14.1. The summed E-state index contributed by atoms with van der Waals surface area (Å²) in [5.41, 5.74) is 0.328. The summed E-state index contributed by atoms with van der Waals surface area (Å²) in [5.74, 6) is -0.472. The van der Waals surface area contributed by atoms with Gasteiger partial charge in [0.2, 0.25) is 5.91 Å². The fourth-order valence-corrected chi connectivity index (χ4v) is 3.96. The minimum absolute atomic E-state index is 0.0788. The Morgan fingerprint density at radius 3 is 2.55 bits per heavy atom. The highest BCUT2D eigenvalue weighted by molar-refractivity contribution is 9.10. The lowest BCUT2D eigenvalue weighted by atomic mass is 10.2. The van der Waals surface area contributed by atoms with Gasteiger partial charge in [-0.05, 0) is 36.3 Å². The molecule has 6 heteroatoms. The van der Waals surface area contributed by atoms with Crippen LogP contribution >= 0.6 is 15.9 Å². The number of nitrogens with zero attached hydrogens (tertiary/aromatic N) is 1. The fourth-order valence-electron chi connectivity index (χ4n) is 2.28. The molecule has 1 heterocycles. The summed E-state index contributed by atoms with van der Waals surface area (Å²) in [6, 6.07) is 4.75. The van der Waals surface area contributed by atoms with Gasteiger partial charge in [-0.15, -0.1) is 0 Å². The van der Waals surface area contributed by atoms with Crippen LogP contribution in [0.15, 0.2) is 22.7 Å². The van der Waals surface area contributed by atoms with Gasteiger partial charge < -0.3 is 9.33 Å². The number of carbonyl (C=O) groups excluding carboxylic acids is 1. The van der Waals surface area contributed by atoms with Crippen LogP contribution < -0.4 is 4.90 Å². The minimum Gasteiger partial charge on any atom is -0.412 e.